The van der Waals surface area contributed by atoms with Gasteiger partial charge in [0.05, 0.1) is 18.0 Å². The van der Waals surface area contributed by atoms with E-state index in [-0.39, 0.29) is 0 Å². The number of halogens is 1. The van der Waals surface area contributed by atoms with Crippen LogP contribution in [0.3, 0.4) is 0 Å². The van der Waals surface area contributed by atoms with Gasteiger partial charge in [-0.1, -0.05) is 17.7 Å². The van der Waals surface area contributed by atoms with Crippen molar-refractivity contribution in [3.05, 3.63) is 40.5 Å². The second-order valence-electron chi connectivity index (χ2n) is 4.15. The van der Waals surface area contributed by atoms with Crippen molar-refractivity contribution in [2.24, 2.45) is 0 Å². The predicted molar refractivity (Wildman–Crippen MR) is 73.3 cm³/mol. The normalized spacial score (nSPS) is 10.8. The van der Waals surface area contributed by atoms with E-state index in [1.165, 1.54) is 0 Å². The molecule has 0 atom stereocenters. The fourth-order valence-corrected chi connectivity index (χ4v) is 1.87. The molecule has 2 aromatic rings. The average Bonchev–Trinajstić information content (AvgIpc) is 2.71. The molecular weight excluding hydrogens is 250 g/mol. The summed E-state index contributed by atoms with van der Waals surface area (Å²) < 4.78 is 6.72. The van der Waals surface area contributed by atoms with E-state index >= 15 is 0 Å². The van der Waals surface area contributed by atoms with Crippen LogP contribution in [0, 0.1) is 6.92 Å². The molecule has 1 aromatic heterocycles. The number of methoxy groups -OCH3 is 1. The van der Waals surface area contributed by atoms with Gasteiger partial charge >= 0.3 is 0 Å². The summed E-state index contributed by atoms with van der Waals surface area (Å²) in [4.78, 5) is 0. The number of benzene rings is 1. The number of anilines is 1. The standard InChI is InChI=1S/C13H16ClN3O/c1-9-3-4-11(8-12(9)14)17-13(15)7-10(16-17)5-6-18-2/h3-4,7-8H,5-6,15H2,1-2H3. The van der Waals surface area contributed by atoms with Gasteiger partial charge in [-0.2, -0.15) is 5.10 Å². The van der Waals surface area contributed by atoms with Crippen molar-refractivity contribution >= 4 is 17.4 Å². The lowest BCUT2D eigenvalue weighted by atomic mass is 10.2. The highest BCUT2D eigenvalue weighted by atomic mass is 35.5. The molecule has 1 aromatic carbocycles. The minimum absolute atomic E-state index is 0.598. The number of ether oxygens (including phenoxy) is 1. The topological polar surface area (TPSA) is 53.1 Å². The summed E-state index contributed by atoms with van der Waals surface area (Å²) in [5.41, 5.74) is 8.76. The van der Waals surface area contributed by atoms with E-state index in [0.717, 1.165) is 23.4 Å². The largest absolute Gasteiger partial charge is 0.384 e. The van der Waals surface area contributed by atoms with E-state index in [2.05, 4.69) is 5.10 Å². The summed E-state index contributed by atoms with van der Waals surface area (Å²) in [6.07, 6.45) is 0.743. The zero-order valence-electron chi connectivity index (χ0n) is 10.5. The van der Waals surface area contributed by atoms with Crippen LogP contribution in [0.15, 0.2) is 24.3 Å². The van der Waals surface area contributed by atoms with Gasteiger partial charge in [0, 0.05) is 24.6 Å². The Morgan fingerprint density at radius 2 is 2.17 bits per heavy atom. The van der Waals surface area contributed by atoms with Gasteiger partial charge in [0.1, 0.15) is 5.82 Å². The molecule has 0 amide bonds. The second kappa shape index (κ2) is 5.42. The highest BCUT2D eigenvalue weighted by Gasteiger charge is 2.08. The molecule has 2 rings (SSSR count). The van der Waals surface area contributed by atoms with Crippen LogP contribution in [0.4, 0.5) is 5.82 Å². The molecule has 0 aliphatic rings. The van der Waals surface area contributed by atoms with Gasteiger partial charge in [-0.25, -0.2) is 4.68 Å². The SMILES string of the molecule is COCCc1cc(N)n(-c2ccc(C)c(Cl)c2)n1. The molecule has 0 aliphatic heterocycles. The molecule has 96 valence electrons. The van der Waals surface area contributed by atoms with Gasteiger partial charge in [0.2, 0.25) is 0 Å². The maximum atomic E-state index is 6.10. The van der Waals surface area contributed by atoms with Crippen molar-refractivity contribution in [2.45, 2.75) is 13.3 Å². The van der Waals surface area contributed by atoms with Gasteiger partial charge < -0.3 is 10.5 Å². The van der Waals surface area contributed by atoms with Crippen LogP contribution in [-0.2, 0) is 11.2 Å². The van der Waals surface area contributed by atoms with Crippen molar-refractivity contribution in [3.63, 3.8) is 0 Å². The van der Waals surface area contributed by atoms with Gasteiger partial charge in [-0.3, -0.25) is 0 Å². The number of hydrogen-bond donors (Lipinski definition) is 1. The van der Waals surface area contributed by atoms with E-state index in [1.807, 2.05) is 31.2 Å². The molecule has 18 heavy (non-hydrogen) atoms. The van der Waals surface area contributed by atoms with Crippen LogP contribution in [0.2, 0.25) is 5.02 Å². The van der Waals surface area contributed by atoms with Crippen molar-refractivity contribution in [1.82, 2.24) is 9.78 Å². The van der Waals surface area contributed by atoms with Crippen LogP contribution < -0.4 is 5.73 Å². The van der Waals surface area contributed by atoms with Crippen molar-refractivity contribution < 1.29 is 4.74 Å². The smallest absolute Gasteiger partial charge is 0.127 e. The fraction of sp³-hybridized carbons (Fsp3) is 0.308. The minimum atomic E-state index is 0.598. The molecule has 0 radical (unpaired) electrons. The van der Waals surface area contributed by atoms with E-state index in [4.69, 9.17) is 22.1 Å². The Morgan fingerprint density at radius 3 is 2.83 bits per heavy atom. The maximum Gasteiger partial charge on any atom is 0.127 e. The average molecular weight is 266 g/mol. The fourth-order valence-electron chi connectivity index (χ4n) is 1.70. The van der Waals surface area contributed by atoms with Crippen molar-refractivity contribution in [1.29, 1.82) is 0 Å². The number of aromatic nitrogens is 2. The summed E-state index contributed by atoms with van der Waals surface area (Å²) in [5, 5.41) is 5.15. The van der Waals surface area contributed by atoms with Crippen LogP contribution in [-0.4, -0.2) is 23.5 Å². The Bertz CT molecular complexity index is 551. The number of aryl methyl sites for hydroxylation is 1. The summed E-state index contributed by atoms with van der Waals surface area (Å²) >= 11 is 6.10. The Morgan fingerprint density at radius 1 is 1.39 bits per heavy atom. The first-order valence-electron chi connectivity index (χ1n) is 5.71. The lowest BCUT2D eigenvalue weighted by molar-refractivity contribution is 0.201. The highest BCUT2D eigenvalue weighted by molar-refractivity contribution is 6.31. The number of rotatable bonds is 4. The van der Waals surface area contributed by atoms with Gasteiger partial charge in [0.15, 0.2) is 0 Å². The molecule has 0 spiro atoms. The molecule has 4 nitrogen and oxygen atoms in total. The third kappa shape index (κ3) is 2.66. The number of nitrogen functional groups attached to an aromatic ring is 1. The summed E-state index contributed by atoms with van der Waals surface area (Å²) in [5.74, 6) is 0.598. The zero-order valence-corrected chi connectivity index (χ0v) is 11.2. The van der Waals surface area contributed by atoms with Gasteiger partial charge in [-0.05, 0) is 24.6 Å². The van der Waals surface area contributed by atoms with E-state index < -0.39 is 0 Å². The lowest BCUT2D eigenvalue weighted by Gasteiger charge is -2.05. The molecule has 1 heterocycles. The summed E-state index contributed by atoms with van der Waals surface area (Å²) in [6.45, 7) is 2.59. The molecule has 0 aliphatic carbocycles. The number of hydrogen-bond acceptors (Lipinski definition) is 3. The second-order valence-corrected chi connectivity index (χ2v) is 4.56. The molecule has 2 N–H and O–H groups in total. The first-order chi connectivity index (χ1) is 8.61. The maximum absolute atomic E-state index is 6.10. The van der Waals surface area contributed by atoms with E-state index in [1.54, 1.807) is 11.8 Å². The third-order valence-electron chi connectivity index (χ3n) is 2.75. The number of nitrogens with two attached hydrogens (primary N) is 1. The third-order valence-corrected chi connectivity index (χ3v) is 3.16. The van der Waals surface area contributed by atoms with Gasteiger partial charge in [0.25, 0.3) is 0 Å². The Hall–Kier alpha value is -1.52. The quantitative estimate of drug-likeness (QED) is 0.925. The molecule has 5 heteroatoms. The Labute approximate surface area is 111 Å². The summed E-state index contributed by atoms with van der Waals surface area (Å²) in [7, 11) is 1.67. The number of nitrogens with zero attached hydrogens (tertiary/aromatic N) is 2. The van der Waals surface area contributed by atoms with Crippen molar-refractivity contribution in [3.8, 4) is 5.69 Å². The lowest BCUT2D eigenvalue weighted by Crippen LogP contribution is -2.02. The molecule has 0 fully saturated rings. The van der Waals surface area contributed by atoms with Crippen LogP contribution in [0.5, 0.6) is 0 Å². The molecule has 0 saturated carbocycles. The Kier molecular flexibility index (Phi) is 3.89. The van der Waals surface area contributed by atoms with Crippen molar-refractivity contribution in [2.75, 3.05) is 19.5 Å². The molecule has 0 bridgehead atoms. The summed E-state index contributed by atoms with van der Waals surface area (Å²) in [6, 6.07) is 7.62. The van der Waals surface area contributed by atoms with Crippen LogP contribution in [0.1, 0.15) is 11.3 Å². The zero-order chi connectivity index (χ0) is 13.1. The van der Waals surface area contributed by atoms with Gasteiger partial charge in [-0.15, -0.1) is 0 Å². The van der Waals surface area contributed by atoms with E-state index in [0.29, 0.717) is 17.4 Å². The van der Waals surface area contributed by atoms with Crippen LogP contribution >= 0.6 is 11.6 Å². The highest BCUT2D eigenvalue weighted by Crippen LogP contribution is 2.21. The predicted octanol–water partition coefficient (Wildman–Crippen LogP) is 2.61. The first-order valence-corrected chi connectivity index (χ1v) is 6.09. The Balaban J connectivity index is 2.32. The van der Waals surface area contributed by atoms with E-state index in [9.17, 15) is 0 Å². The minimum Gasteiger partial charge on any atom is -0.384 e. The van der Waals surface area contributed by atoms with Crippen LogP contribution in [0.25, 0.3) is 5.69 Å². The first kappa shape index (κ1) is 12.9. The monoisotopic (exact) mass is 265 g/mol. The molecular formula is C13H16ClN3O. The molecule has 0 unspecified atom stereocenters. The molecule has 0 saturated heterocycles.